The molecule has 0 amide bonds. The van der Waals surface area contributed by atoms with Gasteiger partial charge >= 0.3 is 0 Å². The average molecular weight is 209 g/mol. The van der Waals surface area contributed by atoms with Crippen molar-refractivity contribution in [3.63, 3.8) is 0 Å². The Morgan fingerprint density at radius 2 is 2.27 bits per heavy atom. The van der Waals surface area contributed by atoms with E-state index < -0.39 is 0 Å². The van der Waals surface area contributed by atoms with Crippen molar-refractivity contribution >= 4 is 5.95 Å². The van der Waals surface area contributed by atoms with E-state index >= 15 is 0 Å². The number of ether oxygens (including phenoxy) is 1. The smallest absolute Gasteiger partial charge is 0.225 e. The number of nitrogens with one attached hydrogen (secondary N) is 1. The summed E-state index contributed by atoms with van der Waals surface area (Å²) in [5.74, 6) is 1.92. The predicted octanol–water partition coefficient (Wildman–Crippen LogP) is 2.33. The molecule has 4 nitrogen and oxygen atoms in total. The standard InChI is InChI=1S/C11H19N3O/c1-4-12-11-13-7-5-10(14-11)15-8-6-9(2)3/h5,7,9H,4,6,8H2,1-3H3,(H,12,13,14). The van der Waals surface area contributed by atoms with Crippen LogP contribution in [0.25, 0.3) is 0 Å². The minimum Gasteiger partial charge on any atom is -0.478 e. The lowest BCUT2D eigenvalue weighted by atomic mass is 10.1. The van der Waals surface area contributed by atoms with Crippen molar-refractivity contribution in [1.82, 2.24) is 9.97 Å². The van der Waals surface area contributed by atoms with Crippen molar-refractivity contribution < 1.29 is 4.74 Å². The molecule has 0 aliphatic carbocycles. The minimum absolute atomic E-state index is 0.625. The molecule has 1 N–H and O–H groups in total. The fourth-order valence-electron chi connectivity index (χ4n) is 1.07. The van der Waals surface area contributed by atoms with Gasteiger partial charge in [-0.2, -0.15) is 4.98 Å². The molecule has 1 aromatic rings. The van der Waals surface area contributed by atoms with Crippen molar-refractivity contribution in [3.8, 4) is 5.88 Å². The number of rotatable bonds is 6. The first-order valence-corrected chi connectivity index (χ1v) is 5.42. The summed E-state index contributed by atoms with van der Waals surface area (Å²) in [7, 11) is 0. The molecule has 0 spiro atoms. The Bertz CT molecular complexity index is 289. The fourth-order valence-corrected chi connectivity index (χ4v) is 1.07. The first-order valence-electron chi connectivity index (χ1n) is 5.42. The van der Waals surface area contributed by atoms with Gasteiger partial charge in [-0.25, -0.2) is 4.98 Å². The SMILES string of the molecule is CCNc1nccc(OCCC(C)C)n1. The van der Waals surface area contributed by atoms with Crippen molar-refractivity contribution in [1.29, 1.82) is 0 Å². The van der Waals surface area contributed by atoms with E-state index in [0.29, 0.717) is 24.4 Å². The Balaban J connectivity index is 2.43. The Hall–Kier alpha value is -1.32. The molecule has 4 heteroatoms. The van der Waals surface area contributed by atoms with Crippen LogP contribution in [0.5, 0.6) is 5.88 Å². The normalized spacial score (nSPS) is 10.4. The molecule has 84 valence electrons. The zero-order valence-corrected chi connectivity index (χ0v) is 9.66. The summed E-state index contributed by atoms with van der Waals surface area (Å²) >= 11 is 0. The van der Waals surface area contributed by atoms with E-state index in [9.17, 15) is 0 Å². The molecule has 0 atom stereocenters. The van der Waals surface area contributed by atoms with E-state index in [1.165, 1.54) is 0 Å². The van der Waals surface area contributed by atoms with Gasteiger partial charge in [-0.3, -0.25) is 0 Å². The second-order valence-electron chi connectivity index (χ2n) is 3.78. The third-order valence-electron chi connectivity index (χ3n) is 1.91. The van der Waals surface area contributed by atoms with E-state index in [2.05, 4.69) is 29.1 Å². The van der Waals surface area contributed by atoms with E-state index in [1.54, 1.807) is 12.3 Å². The summed E-state index contributed by atoms with van der Waals surface area (Å²) in [5.41, 5.74) is 0. The highest BCUT2D eigenvalue weighted by Gasteiger charge is 1.99. The number of hydrogen-bond donors (Lipinski definition) is 1. The van der Waals surface area contributed by atoms with Gasteiger partial charge in [0.05, 0.1) is 6.61 Å². The highest BCUT2D eigenvalue weighted by Crippen LogP contribution is 2.09. The molecule has 1 aromatic heterocycles. The average Bonchev–Trinajstić information content (AvgIpc) is 2.18. The van der Waals surface area contributed by atoms with Crippen LogP contribution in [0, 0.1) is 5.92 Å². The number of nitrogens with zero attached hydrogens (tertiary/aromatic N) is 2. The molecule has 0 saturated heterocycles. The summed E-state index contributed by atoms with van der Waals surface area (Å²) in [6.45, 7) is 7.88. The topological polar surface area (TPSA) is 47.0 Å². The zero-order chi connectivity index (χ0) is 11.1. The van der Waals surface area contributed by atoms with Gasteiger partial charge in [-0.05, 0) is 19.3 Å². The highest BCUT2D eigenvalue weighted by molar-refractivity contribution is 5.26. The van der Waals surface area contributed by atoms with E-state index in [-0.39, 0.29) is 0 Å². The molecule has 0 aliphatic rings. The Morgan fingerprint density at radius 1 is 1.47 bits per heavy atom. The summed E-state index contributed by atoms with van der Waals surface area (Å²) in [6, 6.07) is 1.78. The van der Waals surface area contributed by atoms with Gasteiger partial charge in [0, 0.05) is 18.8 Å². The monoisotopic (exact) mass is 209 g/mol. The Morgan fingerprint density at radius 3 is 2.93 bits per heavy atom. The summed E-state index contributed by atoms with van der Waals surface area (Å²) < 4.78 is 5.51. The quantitative estimate of drug-likeness (QED) is 0.781. The Kier molecular flexibility index (Phi) is 4.87. The van der Waals surface area contributed by atoms with Gasteiger partial charge in [-0.1, -0.05) is 13.8 Å². The zero-order valence-electron chi connectivity index (χ0n) is 9.66. The maximum atomic E-state index is 5.51. The molecule has 15 heavy (non-hydrogen) atoms. The molecule has 1 heterocycles. The third-order valence-corrected chi connectivity index (χ3v) is 1.91. The first-order chi connectivity index (χ1) is 7.22. The number of aromatic nitrogens is 2. The van der Waals surface area contributed by atoms with E-state index in [0.717, 1.165) is 13.0 Å². The highest BCUT2D eigenvalue weighted by atomic mass is 16.5. The van der Waals surface area contributed by atoms with Gasteiger partial charge in [0.25, 0.3) is 0 Å². The molecule has 0 radical (unpaired) electrons. The minimum atomic E-state index is 0.625. The van der Waals surface area contributed by atoms with Crippen molar-refractivity contribution in [2.45, 2.75) is 27.2 Å². The second-order valence-corrected chi connectivity index (χ2v) is 3.78. The van der Waals surface area contributed by atoms with Crippen LogP contribution >= 0.6 is 0 Å². The van der Waals surface area contributed by atoms with E-state index in [4.69, 9.17) is 4.74 Å². The fraction of sp³-hybridized carbons (Fsp3) is 0.636. The van der Waals surface area contributed by atoms with Crippen molar-refractivity contribution in [3.05, 3.63) is 12.3 Å². The molecule has 0 unspecified atom stereocenters. The molecule has 0 aliphatic heterocycles. The van der Waals surface area contributed by atoms with Crippen LogP contribution in [-0.4, -0.2) is 23.1 Å². The van der Waals surface area contributed by atoms with Crippen LogP contribution < -0.4 is 10.1 Å². The van der Waals surface area contributed by atoms with Crippen LogP contribution in [0.4, 0.5) is 5.95 Å². The van der Waals surface area contributed by atoms with Gasteiger partial charge in [-0.15, -0.1) is 0 Å². The maximum absolute atomic E-state index is 5.51. The number of hydrogen-bond acceptors (Lipinski definition) is 4. The van der Waals surface area contributed by atoms with Gasteiger partial charge in [0.1, 0.15) is 0 Å². The molecular formula is C11H19N3O. The third kappa shape index (κ3) is 4.63. The van der Waals surface area contributed by atoms with Crippen LogP contribution in [0.15, 0.2) is 12.3 Å². The lowest BCUT2D eigenvalue weighted by molar-refractivity contribution is 0.279. The van der Waals surface area contributed by atoms with Gasteiger partial charge in [0.2, 0.25) is 11.8 Å². The van der Waals surface area contributed by atoms with Crippen LogP contribution in [0.2, 0.25) is 0 Å². The van der Waals surface area contributed by atoms with Gasteiger partial charge < -0.3 is 10.1 Å². The van der Waals surface area contributed by atoms with Crippen molar-refractivity contribution in [2.75, 3.05) is 18.5 Å². The maximum Gasteiger partial charge on any atom is 0.225 e. The van der Waals surface area contributed by atoms with Crippen LogP contribution in [0.1, 0.15) is 27.2 Å². The molecule has 0 aromatic carbocycles. The predicted molar refractivity (Wildman–Crippen MR) is 61.1 cm³/mol. The Labute approximate surface area is 91.1 Å². The van der Waals surface area contributed by atoms with Gasteiger partial charge in [0.15, 0.2) is 0 Å². The molecule has 0 saturated carbocycles. The summed E-state index contributed by atoms with van der Waals surface area (Å²) in [5, 5.41) is 3.04. The number of anilines is 1. The molecule has 0 bridgehead atoms. The lowest BCUT2D eigenvalue weighted by Gasteiger charge is -2.08. The first kappa shape index (κ1) is 11.8. The van der Waals surface area contributed by atoms with E-state index in [1.807, 2.05) is 6.92 Å². The van der Waals surface area contributed by atoms with Crippen LogP contribution in [-0.2, 0) is 0 Å². The largest absolute Gasteiger partial charge is 0.478 e. The lowest BCUT2D eigenvalue weighted by Crippen LogP contribution is -2.06. The molecular weight excluding hydrogens is 190 g/mol. The molecule has 1 rings (SSSR count). The van der Waals surface area contributed by atoms with Crippen LogP contribution in [0.3, 0.4) is 0 Å². The second kappa shape index (κ2) is 6.22. The summed E-state index contributed by atoms with van der Waals surface area (Å²) in [4.78, 5) is 8.28. The summed E-state index contributed by atoms with van der Waals surface area (Å²) in [6.07, 6.45) is 2.75. The van der Waals surface area contributed by atoms with Crippen molar-refractivity contribution in [2.24, 2.45) is 5.92 Å². The molecule has 0 fully saturated rings.